The third-order valence-electron chi connectivity index (χ3n) is 3.61. The summed E-state index contributed by atoms with van der Waals surface area (Å²) in [5, 5.41) is 6.07. The summed E-state index contributed by atoms with van der Waals surface area (Å²) in [6.07, 6.45) is 0.182. The molecule has 0 radical (unpaired) electrons. The summed E-state index contributed by atoms with van der Waals surface area (Å²) in [4.78, 5) is 24.1. The van der Waals surface area contributed by atoms with Gasteiger partial charge in [-0.2, -0.15) is 0 Å². The zero-order chi connectivity index (χ0) is 17.7. The average Bonchev–Trinajstić information content (AvgIpc) is 2.50. The van der Waals surface area contributed by atoms with Crippen LogP contribution in [0.2, 0.25) is 5.02 Å². The quantitative estimate of drug-likeness (QED) is 0.860. The third kappa shape index (κ3) is 4.83. The van der Waals surface area contributed by atoms with Gasteiger partial charge in [-0.1, -0.05) is 35.4 Å². The van der Waals surface area contributed by atoms with Crippen molar-refractivity contribution in [2.24, 2.45) is 0 Å². The fourth-order valence-electron chi connectivity index (χ4n) is 2.45. The van der Waals surface area contributed by atoms with Gasteiger partial charge in [0.2, 0.25) is 5.91 Å². The van der Waals surface area contributed by atoms with Crippen LogP contribution in [-0.4, -0.2) is 18.4 Å². The minimum Gasteiger partial charge on any atom is -0.352 e. The molecule has 0 bridgehead atoms. The van der Waals surface area contributed by atoms with Crippen LogP contribution in [0, 0.1) is 20.8 Å². The van der Waals surface area contributed by atoms with Crippen molar-refractivity contribution in [2.45, 2.75) is 27.2 Å². The predicted octanol–water partition coefficient (Wildman–Crippen LogP) is 4.02. The molecule has 2 aromatic carbocycles. The van der Waals surface area contributed by atoms with E-state index in [9.17, 15) is 9.59 Å². The lowest BCUT2D eigenvalue weighted by atomic mass is 10.1. The second-order valence-electron chi connectivity index (χ2n) is 5.86. The van der Waals surface area contributed by atoms with Crippen molar-refractivity contribution in [1.29, 1.82) is 0 Å². The van der Waals surface area contributed by atoms with Crippen LogP contribution < -0.4 is 10.6 Å². The number of carbonyl (C=O) groups is 2. The first-order valence-corrected chi connectivity index (χ1v) is 8.16. The van der Waals surface area contributed by atoms with Crippen molar-refractivity contribution in [2.75, 3.05) is 11.9 Å². The second kappa shape index (κ2) is 7.97. The van der Waals surface area contributed by atoms with Gasteiger partial charge < -0.3 is 10.6 Å². The Balaban J connectivity index is 1.87. The van der Waals surface area contributed by atoms with Gasteiger partial charge in [0.1, 0.15) is 0 Å². The summed E-state index contributed by atoms with van der Waals surface area (Å²) in [5.74, 6) is -0.371. The molecule has 0 aliphatic carbocycles. The monoisotopic (exact) mass is 344 g/mol. The smallest absolute Gasteiger partial charge is 0.251 e. The lowest BCUT2D eigenvalue weighted by Gasteiger charge is -2.12. The van der Waals surface area contributed by atoms with Crippen LogP contribution in [-0.2, 0) is 4.79 Å². The molecule has 126 valence electrons. The van der Waals surface area contributed by atoms with Crippen LogP contribution in [0.3, 0.4) is 0 Å². The van der Waals surface area contributed by atoms with E-state index >= 15 is 0 Å². The van der Waals surface area contributed by atoms with E-state index in [2.05, 4.69) is 10.6 Å². The first-order valence-electron chi connectivity index (χ1n) is 7.78. The van der Waals surface area contributed by atoms with Crippen molar-refractivity contribution < 1.29 is 9.59 Å². The number of anilines is 1. The highest BCUT2D eigenvalue weighted by molar-refractivity contribution is 6.34. The van der Waals surface area contributed by atoms with Crippen molar-refractivity contribution in [3.05, 3.63) is 63.7 Å². The average molecular weight is 345 g/mol. The van der Waals surface area contributed by atoms with Gasteiger partial charge in [0.05, 0.1) is 10.7 Å². The Kier molecular flexibility index (Phi) is 5.99. The molecule has 0 spiro atoms. The number of halogens is 1. The second-order valence-corrected chi connectivity index (χ2v) is 6.27. The third-order valence-corrected chi connectivity index (χ3v) is 3.91. The molecule has 0 atom stereocenters. The molecule has 0 aliphatic rings. The molecule has 0 fully saturated rings. The van der Waals surface area contributed by atoms with Gasteiger partial charge in [0.25, 0.3) is 5.91 Å². The maximum atomic E-state index is 12.1. The number of amides is 2. The summed E-state index contributed by atoms with van der Waals surface area (Å²) >= 11 is 6.17. The number of nitrogens with one attached hydrogen (secondary N) is 2. The number of rotatable bonds is 5. The van der Waals surface area contributed by atoms with E-state index in [-0.39, 0.29) is 24.8 Å². The van der Waals surface area contributed by atoms with E-state index < -0.39 is 0 Å². The van der Waals surface area contributed by atoms with Crippen LogP contribution >= 0.6 is 11.6 Å². The molecule has 0 aromatic heterocycles. The van der Waals surface area contributed by atoms with E-state index in [0.717, 1.165) is 16.7 Å². The maximum Gasteiger partial charge on any atom is 0.251 e. The first-order chi connectivity index (χ1) is 11.4. The molecule has 2 aromatic rings. The van der Waals surface area contributed by atoms with Crippen LogP contribution in [0.15, 0.2) is 36.4 Å². The van der Waals surface area contributed by atoms with Crippen LogP contribution in [0.4, 0.5) is 5.69 Å². The van der Waals surface area contributed by atoms with Crippen molar-refractivity contribution >= 4 is 29.1 Å². The van der Waals surface area contributed by atoms with Crippen LogP contribution in [0.5, 0.6) is 0 Å². The lowest BCUT2D eigenvalue weighted by molar-refractivity contribution is -0.116. The van der Waals surface area contributed by atoms with E-state index in [1.807, 2.05) is 51.1 Å². The zero-order valence-corrected chi connectivity index (χ0v) is 14.8. The van der Waals surface area contributed by atoms with E-state index in [1.165, 1.54) is 0 Å². The largest absolute Gasteiger partial charge is 0.352 e. The molecule has 0 aliphatic heterocycles. The fourth-order valence-corrected chi connectivity index (χ4v) is 2.82. The molecule has 0 saturated heterocycles. The van der Waals surface area contributed by atoms with Crippen LogP contribution in [0.25, 0.3) is 0 Å². The highest BCUT2D eigenvalue weighted by Gasteiger charge is 2.10. The van der Waals surface area contributed by atoms with Crippen molar-refractivity contribution in [3.63, 3.8) is 0 Å². The highest BCUT2D eigenvalue weighted by Crippen LogP contribution is 2.27. The summed E-state index contributed by atoms with van der Waals surface area (Å²) in [6.45, 7) is 6.04. The Labute approximate surface area is 147 Å². The number of aryl methyl sites for hydroxylation is 3. The fraction of sp³-hybridized carbons (Fsp3) is 0.263. The molecular weight excluding hydrogens is 324 g/mol. The van der Waals surface area contributed by atoms with Gasteiger partial charge >= 0.3 is 0 Å². The van der Waals surface area contributed by atoms with Gasteiger partial charge in [0.15, 0.2) is 0 Å². The number of carbonyl (C=O) groups excluding carboxylic acids is 2. The normalized spacial score (nSPS) is 10.3. The summed E-state index contributed by atoms with van der Waals surface area (Å²) in [6, 6.07) is 11.1. The molecular formula is C19H21ClN2O2. The van der Waals surface area contributed by atoms with Gasteiger partial charge in [0, 0.05) is 18.5 Å². The molecule has 24 heavy (non-hydrogen) atoms. The molecule has 4 nitrogen and oxygen atoms in total. The first kappa shape index (κ1) is 18.0. The summed E-state index contributed by atoms with van der Waals surface area (Å²) in [7, 11) is 0. The Morgan fingerprint density at radius 2 is 1.79 bits per heavy atom. The molecule has 0 unspecified atom stereocenters. The molecule has 5 heteroatoms. The molecule has 2 rings (SSSR count). The van der Waals surface area contributed by atoms with Crippen molar-refractivity contribution in [3.8, 4) is 0 Å². The van der Waals surface area contributed by atoms with E-state index in [4.69, 9.17) is 11.6 Å². The van der Waals surface area contributed by atoms with E-state index in [0.29, 0.717) is 16.3 Å². The maximum absolute atomic E-state index is 12.1. The minimum absolute atomic E-state index is 0.182. The topological polar surface area (TPSA) is 58.2 Å². The standard InChI is InChI=1S/C19H21ClN2O2/c1-12-5-4-6-15(10-12)19(24)21-8-7-17(23)22-18-14(3)9-13(2)11-16(18)20/h4-6,9-11H,7-8H2,1-3H3,(H,21,24)(H,22,23). The van der Waals surface area contributed by atoms with Crippen molar-refractivity contribution in [1.82, 2.24) is 5.32 Å². The molecule has 2 N–H and O–H groups in total. The SMILES string of the molecule is Cc1cccc(C(=O)NCCC(=O)Nc2c(C)cc(C)cc2Cl)c1. The van der Waals surface area contributed by atoms with Crippen LogP contribution in [0.1, 0.15) is 33.5 Å². The minimum atomic E-state index is -0.187. The predicted molar refractivity (Wildman–Crippen MR) is 97.7 cm³/mol. The summed E-state index contributed by atoms with van der Waals surface area (Å²) < 4.78 is 0. The van der Waals surface area contributed by atoms with Gasteiger partial charge in [-0.15, -0.1) is 0 Å². The lowest BCUT2D eigenvalue weighted by Crippen LogP contribution is -2.27. The summed E-state index contributed by atoms with van der Waals surface area (Å²) in [5.41, 5.74) is 4.19. The van der Waals surface area contributed by atoms with Gasteiger partial charge in [-0.05, 0) is 50.1 Å². The zero-order valence-electron chi connectivity index (χ0n) is 14.1. The molecule has 2 amide bonds. The van der Waals surface area contributed by atoms with Gasteiger partial charge in [-0.25, -0.2) is 0 Å². The number of benzene rings is 2. The number of hydrogen-bond acceptors (Lipinski definition) is 2. The van der Waals surface area contributed by atoms with E-state index in [1.54, 1.807) is 6.07 Å². The Hall–Kier alpha value is -2.33. The highest BCUT2D eigenvalue weighted by atomic mass is 35.5. The Morgan fingerprint density at radius 3 is 2.46 bits per heavy atom. The van der Waals surface area contributed by atoms with Gasteiger partial charge in [-0.3, -0.25) is 9.59 Å². The molecule has 0 heterocycles. The number of hydrogen-bond donors (Lipinski definition) is 2. The Bertz CT molecular complexity index is 749. The Morgan fingerprint density at radius 1 is 1.04 bits per heavy atom. The molecule has 0 saturated carbocycles.